The summed E-state index contributed by atoms with van der Waals surface area (Å²) in [4.78, 5) is 13.1. The van der Waals surface area contributed by atoms with Crippen LogP contribution in [0, 0.1) is 0 Å². The average Bonchev–Trinajstić information content (AvgIpc) is 3.66. The molecule has 0 amide bonds. The molecular formula is C56H36N4. The van der Waals surface area contributed by atoms with Crippen LogP contribution in [0.25, 0.3) is 93.1 Å². The van der Waals surface area contributed by atoms with E-state index in [2.05, 4.69) is 228 Å². The van der Waals surface area contributed by atoms with Crippen LogP contribution in [0.4, 0.5) is 17.3 Å². The Kier molecular flexibility index (Phi) is 7.82. The van der Waals surface area contributed by atoms with Crippen molar-refractivity contribution >= 4 is 82.3 Å². The zero-order valence-corrected chi connectivity index (χ0v) is 32.6. The normalized spacial score (nSPS) is 11.7. The SMILES string of the molecule is c1ccc(N(c2cc(-c3cc4c(c5ccccc35)c3ccccc3n4-c3ccccc3)c3ccccc3c2)c2nc(-c3cccc4ccccc34)c3ccccc3n2)cc1. The molecule has 0 atom stereocenters. The van der Waals surface area contributed by atoms with E-state index in [1.165, 1.54) is 48.9 Å². The largest absolute Gasteiger partial charge is 0.309 e. The average molecular weight is 765 g/mol. The molecule has 0 unspecified atom stereocenters. The molecule has 0 aliphatic carbocycles. The van der Waals surface area contributed by atoms with Gasteiger partial charge in [0.2, 0.25) is 5.95 Å². The van der Waals surface area contributed by atoms with Crippen molar-refractivity contribution in [2.45, 2.75) is 0 Å². The highest BCUT2D eigenvalue weighted by Gasteiger charge is 2.23. The van der Waals surface area contributed by atoms with Gasteiger partial charge in [0.1, 0.15) is 0 Å². The standard InChI is InChI=1S/C56H36N4/c1-3-21-39(22-4-1)59(56-57-51-32-15-13-29-47(51)55(58-56)46-31-17-20-37-18-7-9-25-42(37)46)41-34-38-19-8-10-26-43(38)49(35-41)50-36-53-54(45-28-12-11-27-44(45)50)48-30-14-16-33-52(48)60(53)40-23-5-2-6-24-40/h1-36H. The molecule has 0 N–H and O–H groups in total. The maximum absolute atomic E-state index is 5.53. The predicted molar refractivity (Wildman–Crippen MR) is 252 cm³/mol. The smallest absolute Gasteiger partial charge is 0.235 e. The Hall–Kier alpha value is -8.08. The second-order valence-electron chi connectivity index (χ2n) is 15.4. The number of fused-ring (bicyclic) bond motifs is 8. The van der Waals surface area contributed by atoms with E-state index in [4.69, 9.17) is 9.97 Å². The predicted octanol–water partition coefficient (Wildman–Crippen LogP) is 15.0. The second kappa shape index (κ2) is 13.8. The first-order chi connectivity index (χ1) is 29.8. The van der Waals surface area contributed by atoms with Crippen molar-refractivity contribution in [2.24, 2.45) is 0 Å². The summed E-state index contributed by atoms with van der Waals surface area (Å²) in [5.41, 5.74) is 10.6. The van der Waals surface area contributed by atoms with Crippen LogP contribution in [-0.4, -0.2) is 14.5 Å². The summed E-state index contributed by atoms with van der Waals surface area (Å²) in [6.45, 7) is 0. The van der Waals surface area contributed by atoms with Crippen molar-refractivity contribution < 1.29 is 0 Å². The fourth-order valence-corrected chi connectivity index (χ4v) is 9.31. The highest BCUT2D eigenvalue weighted by atomic mass is 15.3. The molecular weight excluding hydrogens is 729 g/mol. The van der Waals surface area contributed by atoms with Gasteiger partial charge >= 0.3 is 0 Å². The summed E-state index contributed by atoms with van der Waals surface area (Å²) >= 11 is 0. The van der Waals surface area contributed by atoms with Crippen LogP contribution < -0.4 is 4.90 Å². The van der Waals surface area contributed by atoms with Crippen molar-refractivity contribution in [3.63, 3.8) is 0 Å². The van der Waals surface area contributed by atoms with Gasteiger partial charge in [-0.25, -0.2) is 9.97 Å². The fraction of sp³-hybridized carbons (Fsp3) is 0. The van der Waals surface area contributed by atoms with Crippen molar-refractivity contribution in [1.82, 2.24) is 14.5 Å². The van der Waals surface area contributed by atoms with Gasteiger partial charge in [0.15, 0.2) is 0 Å². The summed E-state index contributed by atoms with van der Waals surface area (Å²) in [5, 5.41) is 10.6. The molecule has 0 saturated heterocycles. The summed E-state index contributed by atoms with van der Waals surface area (Å²) < 4.78 is 2.42. The van der Waals surface area contributed by atoms with E-state index in [9.17, 15) is 0 Å². The molecule has 2 heterocycles. The topological polar surface area (TPSA) is 34.0 Å². The van der Waals surface area contributed by atoms with Gasteiger partial charge in [-0.3, -0.25) is 4.90 Å². The lowest BCUT2D eigenvalue weighted by Crippen LogP contribution is -2.14. The summed E-state index contributed by atoms with van der Waals surface area (Å²) in [6.07, 6.45) is 0. The first-order valence-electron chi connectivity index (χ1n) is 20.4. The number of hydrogen-bond acceptors (Lipinski definition) is 3. The molecule has 0 spiro atoms. The van der Waals surface area contributed by atoms with Gasteiger partial charge in [0, 0.05) is 33.1 Å². The molecule has 12 rings (SSSR count). The molecule has 4 nitrogen and oxygen atoms in total. The minimum absolute atomic E-state index is 0.605. The van der Waals surface area contributed by atoms with Gasteiger partial charge in [0.05, 0.1) is 27.9 Å². The molecule has 0 radical (unpaired) electrons. The minimum Gasteiger partial charge on any atom is -0.309 e. The summed E-state index contributed by atoms with van der Waals surface area (Å²) in [6, 6.07) is 78.0. The van der Waals surface area contributed by atoms with E-state index in [0.717, 1.165) is 55.6 Å². The molecule has 60 heavy (non-hydrogen) atoms. The van der Waals surface area contributed by atoms with E-state index in [-0.39, 0.29) is 0 Å². The molecule has 2 aromatic heterocycles. The Balaban J connectivity index is 1.16. The Labute approximate surface area is 346 Å². The third-order valence-electron chi connectivity index (χ3n) is 11.9. The van der Waals surface area contributed by atoms with Crippen molar-refractivity contribution in [2.75, 3.05) is 4.90 Å². The first-order valence-corrected chi connectivity index (χ1v) is 20.4. The molecule has 10 aromatic carbocycles. The van der Waals surface area contributed by atoms with Crippen LogP contribution in [0.3, 0.4) is 0 Å². The quantitative estimate of drug-likeness (QED) is 0.169. The van der Waals surface area contributed by atoms with Gasteiger partial charge in [-0.1, -0.05) is 164 Å². The number of hydrogen-bond donors (Lipinski definition) is 0. The fourth-order valence-electron chi connectivity index (χ4n) is 9.31. The van der Waals surface area contributed by atoms with Crippen LogP contribution in [0.1, 0.15) is 0 Å². The highest BCUT2D eigenvalue weighted by molar-refractivity contribution is 6.25. The number of anilines is 3. The maximum Gasteiger partial charge on any atom is 0.235 e. The number of nitrogens with zero attached hydrogens (tertiary/aromatic N) is 4. The zero-order chi connectivity index (χ0) is 39.6. The first kappa shape index (κ1) is 34.0. The van der Waals surface area contributed by atoms with Gasteiger partial charge < -0.3 is 4.57 Å². The lowest BCUT2D eigenvalue weighted by atomic mass is 9.91. The number of para-hydroxylation sites is 4. The third-order valence-corrected chi connectivity index (χ3v) is 11.9. The highest BCUT2D eigenvalue weighted by Crippen LogP contribution is 2.46. The van der Waals surface area contributed by atoms with Crippen molar-refractivity contribution in [3.8, 4) is 28.1 Å². The molecule has 4 heteroatoms. The summed E-state index contributed by atoms with van der Waals surface area (Å²) in [7, 11) is 0. The van der Waals surface area contributed by atoms with E-state index in [1.54, 1.807) is 0 Å². The van der Waals surface area contributed by atoms with Crippen LogP contribution in [-0.2, 0) is 0 Å². The number of benzene rings is 10. The molecule has 0 saturated carbocycles. The van der Waals surface area contributed by atoms with Crippen LogP contribution >= 0.6 is 0 Å². The Morgan fingerprint density at radius 3 is 1.73 bits per heavy atom. The number of rotatable bonds is 6. The van der Waals surface area contributed by atoms with E-state index in [0.29, 0.717) is 5.95 Å². The van der Waals surface area contributed by atoms with E-state index in [1.807, 2.05) is 0 Å². The van der Waals surface area contributed by atoms with E-state index >= 15 is 0 Å². The second-order valence-corrected chi connectivity index (χ2v) is 15.4. The minimum atomic E-state index is 0.605. The van der Waals surface area contributed by atoms with Crippen LogP contribution in [0.5, 0.6) is 0 Å². The molecule has 12 aromatic rings. The van der Waals surface area contributed by atoms with Crippen LogP contribution in [0.15, 0.2) is 218 Å². The molecule has 280 valence electrons. The van der Waals surface area contributed by atoms with Gasteiger partial charge in [-0.05, 0) is 98.0 Å². The lowest BCUT2D eigenvalue weighted by molar-refractivity contribution is 1.11. The van der Waals surface area contributed by atoms with Crippen molar-refractivity contribution in [1.29, 1.82) is 0 Å². The molecule has 0 bridgehead atoms. The number of aromatic nitrogens is 3. The maximum atomic E-state index is 5.53. The molecule has 0 aliphatic rings. The van der Waals surface area contributed by atoms with Gasteiger partial charge in [-0.2, -0.15) is 0 Å². The van der Waals surface area contributed by atoms with E-state index < -0.39 is 0 Å². The monoisotopic (exact) mass is 764 g/mol. The zero-order valence-electron chi connectivity index (χ0n) is 32.6. The van der Waals surface area contributed by atoms with Crippen LogP contribution in [0.2, 0.25) is 0 Å². The third kappa shape index (κ3) is 5.39. The Morgan fingerprint density at radius 1 is 0.350 bits per heavy atom. The van der Waals surface area contributed by atoms with Gasteiger partial charge in [-0.15, -0.1) is 0 Å². The summed E-state index contributed by atoms with van der Waals surface area (Å²) in [5.74, 6) is 0.605. The Bertz CT molecular complexity index is 3600. The molecule has 0 aliphatic heterocycles. The lowest BCUT2D eigenvalue weighted by Gasteiger charge is -2.26. The Morgan fingerprint density at radius 2 is 0.933 bits per heavy atom. The van der Waals surface area contributed by atoms with Crippen molar-refractivity contribution in [3.05, 3.63) is 218 Å². The van der Waals surface area contributed by atoms with Gasteiger partial charge in [0.25, 0.3) is 0 Å². The molecule has 0 fully saturated rings.